The van der Waals surface area contributed by atoms with Gasteiger partial charge in [-0.3, -0.25) is 8.61 Å². The number of hydrogen-bond donors (Lipinski definition) is 0. The monoisotopic (exact) mass is 507 g/mol. The SMILES string of the molecule is CC.CC.CCc1ccn2c(-c3ccnc([N-]S(C)=O)n3)c(C3=CCC=C(F)C=C3)nc2c1.[K+]. The Morgan fingerprint density at radius 3 is 2.53 bits per heavy atom. The Balaban J connectivity index is 0.00000110. The zero-order chi connectivity index (χ0) is 24.4. The van der Waals surface area contributed by atoms with Gasteiger partial charge in [-0.25, -0.2) is 9.37 Å². The molecule has 1 unspecified atom stereocenters. The molecule has 0 saturated heterocycles. The molecule has 9 heteroatoms. The zero-order valence-electron chi connectivity index (χ0n) is 21.0. The summed E-state index contributed by atoms with van der Waals surface area (Å²) in [6.07, 6.45) is 13.0. The Morgan fingerprint density at radius 1 is 1.12 bits per heavy atom. The Hall–Kier alpha value is -1.49. The normalized spacial score (nSPS) is 13.1. The molecule has 0 N–H and O–H groups in total. The molecule has 0 radical (unpaired) electrons. The number of imidazole rings is 1. The predicted molar refractivity (Wildman–Crippen MR) is 136 cm³/mol. The van der Waals surface area contributed by atoms with Gasteiger partial charge in [0, 0.05) is 24.1 Å². The third-order valence-electron chi connectivity index (χ3n) is 4.54. The maximum Gasteiger partial charge on any atom is 1.00 e. The number of pyridine rings is 1. The van der Waals surface area contributed by atoms with Crippen LogP contribution < -0.4 is 51.4 Å². The molecule has 0 fully saturated rings. The average molecular weight is 508 g/mol. The van der Waals surface area contributed by atoms with E-state index in [1.807, 2.05) is 56.5 Å². The van der Waals surface area contributed by atoms with E-state index in [2.05, 4.69) is 21.6 Å². The first-order valence-electron chi connectivity index (χ1n) is 11.2. The summed E-state index contributed by atoms with van der Waals surface area (Å²) in [5, 5.41) is 0. The Bertz CT molecular complexity index is 1200. The van der Waals surface area contributed by atoms with Crippen LogP contribution in [0.25, 0.3) is 27.3 Å². The van der Waals surface area contributed by atoms with Crippen molar-refractivity contribution in [3.63, 3.8) is 0 Å². The number of nitrogens with zero attached hydrogens (tertiary/aromatic N) is 5. The minimum absolute atomic E-state index is 0. The number of hydrogen-bond acceptors (Lipinski definition) is 4. The van der Waals surface area contributed by atoms with Crippen LogP contribution in [0.1, 0.15) is 52.3 Å². The fourth-order valence-corrected chi connectivity index (χ4v) is 3.49. The largest absolute Gasteiger partial charge is 1.00 e. The van der Waals surface area contributed by atoms with Gasteiger partial charge in [-0.2, -0.15) is 0 Å². The molecule has 1 aliphatic carbocycles. The van der Waals surface area contributed by atoms with Crippen molar-refractivity contribution in [3.05, 3.63) is 76.7 Å². The van der Waals surface area contributed by atoms with E-state index in [9.17, 15) is 8.60 Å². The van der Waals surface area contributed by atoms with Gasteiger partial charge >= 0.3 is 51.4 Å². The van der Waals surface area contributed by atoms with Gasteiger partial charge in [0.25, 0.3) is 0 Å². The van der Waals surface area contributed by atoms with Crippen LogP contribution in [0.3, 0.4) is 0 Å². The van der Waals surface area contributed by atoms with Crippen LogP contribution in [0.15, 0.2) is 60.7 Å². The molecule has 0 saturated carbocycles. The number of aryl methyl sites for hydroxylation is 1. The molecule has 0 amide bonds. The second-order valence-electron chi connectivity index (χ2n) is 6.50. The van der Waals surface area contributed by atoms with E-state index in [1.54, 1.807) is 18.3 Å². The quantitative estimate of drug-likeness (QED) is 0.491. The summed E-state index contributed by atoms with van der Waals surface area (Å²) < 4.78 is 31.0. The van der Waals surface area contributed by atoms with Gasteiger partial charge < -0.3 is 14.7 Å². The maximum absolute atomic E-state index is 13.7. The summed E-state index contributed by atoms with van der Waals surface area (Å²) >= 11 is 0. The summed E-state index contributed by atoms with van der Waals surface area (Å²) in [6, 6.07) is 5.83. The summed E-state index contributed by atoms with van der Waals surface area (Å²) in [6.45, 7) is 10.1. The standard InChI is InChI=1S/C21H19FN5OS.2C2H6.K/c1-3-14-10-12-27-18(13-14)25-19(15-5-4-6-16(22)8-7-15)20(27)17-9-11-23-21(24-17)26-29(2)28;2*1-2;/h5-13H,3-4H2,1-2H3;2*1-2H3;/q-1;;;+1. The van der Waals surface area contributed by atoms with Crippen molar-refractivity contribution in [3.8, 4) is 11.4 Å². The summed E-state index contributed by atoms with van der Waals surface area (Å²) in [7, 11) is -1.41. The van der Waals surface area contributed by atoms with Crippen molar-refractivity contribution >= 4 is 28.2 Å². The van der Waals surface area contributed by atoms with Gasteiger partial charge in [0.05, 0.1) is 22.4 Å². The first-order chi connectivity index (χ1) is 16.0. The van der Waals surface area contributed by atoms with Crippen LogP contribution in [0, 0.1) is 0 Å². The van der Waals surface area contributed by atoms with Crippen molar-refractivity contribution < 1.29 is 60.0 Å². The number of aromatic nitrogens is 4. The van der Waals surface area contributed by atoms with Gasteiger partial charge in [0.15, 0.2) is 0 Å². The fraction of sp³-hybridized carbons (Fsp3) is 0.320. The molecule has 1 aliphatic rings. The Morgan fingerprint density at radius 2 is 1.85 bits per heavy atom. The van der Waals surface area contributed by atoms with Crippen LogP contribution in [-0.4, -0.2) is 29.8 Å². The second kappa shape index (κ2) is 15.5. The maximum atomic E-state index is 13.7. The molecular weight excluding hydrogens is 476 g/mol. The van der Waals surface area contributed by atoms with Crippen LogP contribution >= 0.6 is 0 Å². The van der Waals surface area contributed by atoms with Crippen LogP contribution in [0.5, 0.6) is 0 Å². The zero-order valence-corrected chi connectivity index (χ0v) is 25.0. The Kier molecular flexibility index (Phi) is 13.9. The topological polar surface area (TPSA) is 74.2 Å². The molecule has 0 aliphatic heterocycles. The number of halogens is 1. The third kappa shape index (κ3) is 7.76. The van der Waals surface area contributed by atoms with Gasteiger partial charge in [0.2, 0.25) is 0 Å². The van der Waals surface area contributed by atoms with E-state index < -0.39 is 11.0 Å². The predicted octanol–water partition coefficient (Wildman–Crippen LogP) is 3.91. The third-order valence-corrected chi connectivity index (χ3v) is 4.96. The molecule has 0 aromatic carbocycles. The van der Waals surface area contributed by atoms with E-state index in [0.29, 0.717) is 17.8 Å². The first-order valence-corrected chi connectivity index (χ1v) is 12.7. The van der Waals surface area contributed by atoms with Crippen molar-refractivity contribution in [1.29, 1.82) is 0 Å². The molecule has 3 heterocycles. The van der Waals surface area contributed by atoms with E-state index in [1.165, 1.54) is 24.0 Å². The summed E-state index contributed by atoms with van der Waals surface area (Å²) in [5.74, 6) is -0.129. The van der Waals surface area contributed by atoms with Crippen LogP contribution in [0.4, 0.5) is 10.3 Å². The molecule has 3 aromatic heterocycles. The number of rotatable bonds is 5. The number of allylic oxidation sites excluding steroid dienone is 6. The summed E-state index contributed by atoms with van der Waals surface area (Å²) in [5.41, 5.74) is 4.79. The number of fused-ring (bicyclic) bond motifs is 1. The van der Waals surface area contributed by atoms with E-state index >= 15 is 0 Å². The molecule has 3 aromatic rings. The van der Waals surface area contributed by atoms with Crippen molar-refractivity contribution in [2.24, 2.45) is 0 Å². The Labute approximate surface area is 246 Å². The fourth-order valence-electron chi connectivity index (χ4n) is 3.17. The van der Waals surface area contributed by atoms with Crippen molar-refractivity contribution in [2.45, 2.75) is 47.5 Å². The van der Waals surface area contributed by atoms with Gasteiger partial charge in [0.1, 0.15) is 11.5 Å². The molecule has 0 spiro atoms. The average Bonchev–Trinajstić information content (AvgIpc) is 3.08. The minimum Gasteiger partial charge on any atom is -0.366 e. The molecule has 34 heavy (non-hydrogen) atoms. The molecule has 4 rings (SSSR count). The van der Waals surface area contributed by atoms with Gasteiger partial charge in [-0.05, 0) is 60.5 Å². The smallest absolute Gasteiger partial charge is 0.366 e. The summed E-state index contributed by atoms with van der Waals surface area (Å²) in [4.78, 5) is 13.4. The molecular formula is C25H31FKN5OS. The van der Waals surface area contributed by atoms with Crippen molar-refractivity contribution in [1.82, 2.24) is 19.4 Å². The van der Waals surface area contributed by atoms with E-state index in [0.717, 1.165) is 23.3 Å². The van der Waals surface area contributed by atoms with Crippen LogP contribution in [-0.2, 0) is 17.4 Å². The molecule has 1 atom stereocenters. The minimum atomic E-state index is -1.41. The van der Waals surface area contributed by atoms with E-state index in [-0.39, 0.29) is 63.2 Å². The second-order valence-corrected chi connectivity index (χ2v) is 7.53. The van der Waals surface area contributed by atoms with Gasteiger partial charge in [-0.15, -0.1) is 0 Å². The van der Waals surface area contributed by atoms with Crippen LogP contribution in [0.2, 0.25) is 0 Å². The molecule has 6 nitrogen and oxygen atoms in total. The van der Waals surface area contributed by atoms with Gasteiger partial charge in [-0.1, -0.05) is 46.8 Å². The van der Waals surface area contributed by atoms with Crippen molar-refractivity contribution in [2.75, 3.05) is 6.26 Å². The molecule has 176 valence electrons. The molecule has 0 bridgehead atoms. The van der Waals surface area contributed by atoms with E-state index in [4.69, 9.17) is 4.98 Å². The first kappa shape index (κ1) is 30.5.